The lowest BCUT2D eigenvalue weighted by atomic mass is 9.79. The van der Waals surface area contributed by atoms with Gasteiger partial charge in [-0.2, -0.15) is 0 Å². The number of hydrogen-bond donors (Lipinski definition) is 0. The highest BCUT2D eigenvalue weighted by Gasteiger charge is 2.48. The quantitative estimate of drug-likeness (QED) is 0.873. The second-order valence-corrected chi connectivity index (χ2v) is 6.87. The van der Waals surface area contributed by atoms with E-state index in [1.165, 1.54) is 0 Å². The van der Waals surface area contributed by atoms with Crippen LogP contribution in [0.3, 0.4) is 0 Å². The third kappa shape index (κ3) is 2.77. The van der Waals surface area contributed by atoms with Crippen molar-refractivity contribution in [2.24, 2.45) is 5.41 Å². The van der Waals surface area contributed by atoms with Gasteiger partial charge in [-0.3, -0.25) is 14.7 Å². The Balaban J connectivity index is 1.34. The molecule has 1 spiro atoms. The number of aryl methyl sites for hydroxylation is 1. The van der Waals surface area contributed by atoms with E-state index in [1.54, 1.807) is 24.5 Å². The fourth-order valence-electron chi connectivity index (χ4n) is 3.85. The number of nitrogens with zero attached hydrogens (tertiary/aromatic N) is 3. The van der Waals surface area contributed by atoms with E-state index in [4.69, 9.17) is 4.42 Å². The lowest BCUT2D eigenvalue weighted by Crippen LogP contribution is -2.57. The van der Waals surface area contributed by atoms with Crippen molar-refractivity contribution >= 4 is 5.91 Å². The van der Waals surface area contributed by atoms with Gasteiger partial charge in [0, 0.05) is 49.6 Å². The van der Waals surface area contributed by atoms with Crippen LogP contribution >= 0.6 is 0 Å². The molecule has 2 aromatic rings. The maximum atomic E-state index is 12.5. The SMILES string of the molecule is Cc1ccc(CN2CC3(CCN(C(=O)c4ccncc4)C3)C2)o1. The third-order valence-corrected chi connectivity index (χ3v) is 4.95. The lowest BCUT2D eigenvalue weighted by molar-refractivity contribution is -0.00172. The summed E-state index contributed by atoms with van der Waals surface area (Å²) in [5.74, 6) is 2.12. The fraction of sp³-hybridized carbons (Fsp3) is 0.444. The van der Waals surface area contributed by atoms with Gasteiger partial charge in [0.1, 0.15) is 11.5 Å². The number of rotatable bonds is 3. The van der Waals surface area contributed by atoms with Gasteiger partial charge < -0.3 is 9.32 Å². The van der Waals surface area contributed by atoms with Crippen LogP contribution in [0.5, 0.6) is 0 Å². The van der Waals surface area contributed by atoms with Crippen molar-refractivity contribution in [1.82, 2.24) is 14.8 Å². The summed E-state index contributed by atoms with van der Waals surface area (Å²) >= 11 is 0. The van der Waals surface area contributed by atoms with Crippen molar-refractivity contribution in [2.75, 3.05) is 26.2 Å². The van der Waals surface area contributed by atoms with Gasteiger partial charge in [-0.05, 0) is 37.6 Å². The molecule has 0 unspecified atom stereocenters. The van der Waals surface area contributed by atoms with Crippen LogP contribution in [0.2, 0.25) is 0 Å². The van der Waals surface area contributed by atoms with Crippen LogP contribution in [0.25, 0.3) is 0 Å². The Morgan fingerprint density at radius 3 is 2.70 bits per heavy atom. The molecule has 5 nitrogen and oxygen atoms in total. The molecular weight excluding hydrogens is 290 g/mol. The molecule has 0 atom stereocenters. The first-order chi connectivity index (χ1) is 11.1. The zero-order valence-electron chi connectivity index (χ0n) is 13.4. The van der Waals surface area contributed by atoms with E-state index in [9.17, 15) is 4.79 Å². The molecule has 2 aliphatic heterocycles. The van der Waals surface area contributed by atoms with E-state index < -0.39 is 0 Å². The van der Waals surface area contributed by atoms with Crippen molar-refractivity contribution in [3.63, 3.8) is 0 Å². The minimum Gasteiger partial charge on any atom is -0.465 e. The van der Waals surface area contributed by atoms with Gasteiger partial charge in [-0.25, -0.2) is 0 Å². The van der Waals surface area contributed by atoms with Crippen molar-refractivity contribution in [3.05, 3.63) is 53.7 Å². The van der Waals surface area contributed by atoms with E-state index in [0.29, 0.717) is 0 Å². The highest BCUT2D eigenvalue weighted by Crippen LogP contribution is 2.40. The predicted molar refractivity (Wildman–Crippen MR) is 85.9 cm³/mol. The van der Waals surface area contributed by atoms with E-state index in [-0.39, 0.29) is 11.3 Å². The Morgan fingerprint density at radius 2 is 2.00 bits per heavy atom. The second-order valence-electron chi connectivity index (χ2n) is 6.87. The summed E-state index contributed by atoms with van der Waals surface area (Å²) in [5.41, 5.74) is 1.02. The Labute approximate surface area is 135 Å². The topological polar surface area (TPSA) is 49.6 Å². The average molecular weight is 311 g/mol. The highest BCUT2D eigenvalue weighted by atomic mass is 16.3. The van der Waals surface area contributed by atoms with Gasteiger partial charge in [-0.15, -0.1) is 0 Å². The van der Waals surface area contributed by atoms with Crippen LogP contribution in [0.15, 0.2) is 41.1 Å². The molecule has 0 bridgehead atoms. The maximum Gasteiger partial charge on any atom is 0.253 e. The van der Waals surface area contributed by atoms with E-state index >= 15 is 0 Å². The molecule has 0 aliphatic carbocycles. The summed E-state index contributed by atoms with van der Waals surface area (Å²) in [6.45, 7) is 6.66. The normalized spacial score (nSPS) is 20.0. The van der Waals surface area contributed by atoms with Crippen LogP contribution in [-0.4, -0.2) is 46.9 Å². The number of carbonyl (C=O) groups is 1. The molecule has 2 saturated heterocycles. The van der Waals surface area contributed by atoms with Crippen LogP contribution in [0.1, 0.15) is 28.3 Å². The largest absolute Gasteiger partial charge is 0.465 e. The Hall–Kier alpha value is -2.14. The zero-order valence-corrected chi connectivity index (χ0v) is 13.4. The Bertz CT molecular complexity index is 704. The lowest BCUT2D eigenvalue weighted by Gasteiger charge is -2.47. The second kappa shape index (κ2) is 5.49. The van der Waals surface area contributed by atoms with Gasteiger partial charge in [0.15, 0.2) is 0 Å². The van der Waals surface area contributed by atoms with Gasteiger partial charge in [0.05, 0.1) is 6.54 Å². The van der Waals surface area contributed by atoms with Crippen LogP contribution in [0.4, 0.5) is 0 Å². The smallest absolute Gasteiger partial charge is 0.253 e. The van der Waals surface area contributed by atoms with Gasteiger partial charge >= 0.3 is 0 Å². The monoisotopic (exact) mass is 311 g/mol. The number of amides is 1. The molecule has 2 fully saturated rings. The zero-order chi connectivity index (χ0) is 15.9. The van der Waals surface area contributed by atoms with Crippen LogP contribution in [-0.2, 0) is 6.54 Å². The van der Waals surface area contributed by atoms with Gasteiger partial charge in [-0.1, -0.05) is 0 Å². The predicted octanol–water partition coefficient (Wildman–Crippen LogP) is 2.33. The number of aromatic nitrogens is 1. The molecular formula is C18H21N3O2. The summed E-state index contributed by atoms with van der Waals surface area (Å²) in [6, 6.07) is 7.64. The summed E-state index contributed by atoms with van der Waals surface area (Å²) < 4.78 is 5.65. The first kappa shape index (κ1) is 14.5. The Morgan fingerprint density at radius 1 is 1.22 bits per heavy atom. The standard InChI is InChI=1S/C18H21N3O2/c1-14-2-3-16(23-14)10-20-11-18(12-20)6-9-21(13-18)17(22)15-4-7-19-8-5-15/h2-5,7-8H,6,9-13H2,1H3. The molecule has 0 N–H and O–H groups in total. The summed E-state index contributed by atoms with van der Waals surface area (Å²) in [7, 11) is 0. The molecule has 120 valence electrons. The molecule has 0 aromatic carbocycles. The number of hydrogen-bond acceptors (Lipinski definition) is 4. The molecule has 0 radical (unpaired) electrons. The molecule has 2 aliphatic rings. The number of carbonyl (C=O) groups excluding carboxylic acids is 1. The van der Waals surface area contributed by atoms with E-state index in [0.717, 1.165) is 56.2 Å². The molecule has 4 heterocycles. The minimum absolute atomic E-state index is 0.129. The molecule has 23 heavy (non-hydrogen) atoms. The summed E-state index contributed by atoms with van der Waals surface area (Å²) in [5, 5.41) is 0. The van der Waals surface area contributed by atoms with Gasteiger partial charge in [0.2, 0.25) is 0 Å². The first-order valence-electron chi connectivity index (χ1n) is 8.11. The molecule has 1 amide bonds. The van der Waals surface area contributed by atoms with Crippen molar-refractivity contribution in [1.29, 1.82) is 0 Å². The van der Waals surface area contributed by atoms with Gasteiger partial charge in [0.25, 0.3) is 5.91 Å². The minimum atomic E-state index is 0.129. The Kier molecular flexibility index (Phi) is 3.45. The van der Waals surface area contributed by atoms with Crippen LogP contribution in [0, 0.1) is 12.3 Å². The maximum absolute atomic E-state index is 12.5. The molecule has 0 saturated carbocycles. The first-order valence-corrected chi connectivity index (χ1v) is 8.11. The van der Waals surface area contributed by atoms with Crippen molar-refractivity contribution in [2.45, 2.75) is 19.9 Å². The molecule has 4 rings (SSSR count). The van der Waals surface area contributed by atoms with Crippen LogP contribution < -0.4 is 0 Å². The summed E-state index contributed by atoms with van der Waals surface area (Å²) in [4.78, 5) is 20.9. The molecule has 2 aromatic heterocycles. The number of likely N-dealkylation sites (tertiary alicyclic amines) is 2. The highest BCUT2D eigenvalue weighted by molar-refractivity contribution is 5.94. The molecule has 5 heteroatoms. The summed E-state index contributed by atoms with van der Waals surface area (Å²) in [6.07, 6.45) is 4.45. The number of pyridine rings is 1. The van der Waals surface area contributed by atoms with Crippen molar-refractivity contribution < 1.29 is 9.21 Å². The third-order valence-electron chi connectivity index (χ3n) is 4.95. The fourth-order valence-corrected chi connectivity index (χ4v) is 3.85. The van der Waals surface area contributed by atoms with E-state index in [1.807, 2.05) is 24.0 Å². The average Bonchev–Trinajstić information content (AvgIpc) is 3.14. The number of furan rings is 1. The van der Waals surface area contributed by atoms with Crippen molar-refractivity contribution in [3.8, 4) is 0 Å². The van der Waals surface area contributed by atoms with E-state index in [2.05, 4.69) is 9.88 Å².